The first kappa shape index (κ1) is 13.9. The normalized spacial score (nSPS) is 11.3. The Bertz CT molecular complexity index is 685. The molecule has 19 heavy (non-hydrogen) atoms. The Balaban J connectivity index is 2.33. The minimum atomic E-state index is -3.88. The van der Waals surface area contributed by atoms with Crippen LogP contribution in [0.3, 0.4) is 0 Å². The lowest BCUT2D eigenvalue weighted by Gasteiger charge is -2.06. The van der Waals surface area contributed by atoms with Crippen LogP contribution in [0.25, 0.3) is 0 Å². The fraction of sp³-hybridized carbons (Fsp3) is 0.111. The molecule has 2 aromatic heterocycles. The van der Waals surface area contributed by atoms with Crippen molar-refractivity contribution < 1.29 is 8.42 Å². The smallest absolute Gasteiger partial charge is 0.247 e. The molecule has 100 valence electrons. The Hall–Kier alpha value is -1.51. The lowest BCUT2D eigenvalue weighted by atomic mass is 10.5. The summed E-state index contributed by atoms with van der Waals surface area (Å²) in [6.07, 6.45) is 2.16. The second kappa shape index (κ2) is 5.24. The lowest BCUT2D eigenvalue weighted by molar-refractivity contribution is 0.600. The molecule has 0 saturated heterocycles. The minimum absolute atomic E-state index is 0.0474. The average Bonchev–Trinajstić information content (AvgIpc) is 2.27. The maximum atomic E-state index is 12.0. The van der Waals surface area contributed by atoms with Crippen LogP contribution in [-0.4, -0.2) is 28.4 Å². The van der Waals surface area contributed by atoms with Gasteiger partial charge < -0.3 is 0 Å². The topological polar surface area (TPSA) is 97.7 Å². The van der Waals surface area contributed by atoms with Crippen molar-refractivity contribution in [2.75, 3.05) is 4.72 Å². The van der Waals surface area contributed by atoms with Gasteiger partial charge in [-0.2, -0.15) is 0 Å². The molecule has 2 heterocycles. The Kier molecular flexibility index (Phi) is 3.83. The molecule has 0 amide bonds. The van der Waals surface area contributed by atoms with E-state index in [1.165, 1.54) is 6.07 Å². The van der Waals surface area contributed by atoms with Gasteiger partial charge in [0, 0.05) is 5.69 Å². The molecule has 0 fully saturated rings. The standard InChI is InChI=1S/C9H7Cl2N5O2S/c1-5-2-7(10)15-9(14-5)16-19(17,18)6-3-12-8(11)13-4-6/h2-4H,1H3,(H,14,15,16). The first-order valence-electron chi connectivity index (χ1n) is 4.88. The maximum Gasteiger partial charge on any atom is 0.267 e. The highest BCUT2D eigenvalue weighted by Crippen LogP contribution is 2.15. The lowest BCUT2D eigenvalue weighted by Crippen LogP contribution is -2.16. The van der Waals surface area contributed by atoms with Crippen LogP contribution in [0.4, 0.5) is 5.95 Å². The van der Waals surface area contributed by atoms with Crippen LogP contribution in [0, 0.1) is 6.92 Å². The van der Waals surface area contributed by atoms with Gasteiger partial charge in [0.25, 0.3) is 10.0 Å². The second-order valence-electron chi connectivity index (χ2n) is 3.45. The number of sulfonamides is 1. The molecule has 2 aromatic rings. The molecule has 0 unspecified atom stereocenters. The van der Waals surface area contributed by atoms with Crippen LogP contribution in [0.15, 0.2) is 23.4 Å². The SMILES string of the molecule is Cc1cc(Cl)nc(NS(=O)(=O)c2cnc(Cl)nc2)n1. The molecule has 0 spiro atoms. The zero-order valence-electron chi connectivity index (χ0n) is 9.50. The van der Waals surface area contributed by atoms with Crippen LogP contribution >= 0.6 is 23.2 Å². The molecule has 7 nitrogen and oxygen atoms in total. The summed E-state index contributed by atoms with van der Waals surface area (Å²) in [7, 11) is -3.88. The number of nitrogens with one attached hydrogen (secondary N) is 1. The molecule has 1 N–H and O–H groups in total. The Morgan fingerprint density at radius 3 is 2.37 bits per heavy atom. The highest BCUT2D eigenvalue weighted by atomic mass is 35.5. The van der Waals surface area contributed by atoms with E-state index in [0.29, 0.717) is 5.69 Å². The zero-order valence-corrected chi connectivity index (χ0v) is 11.8. The van der Waals surface area contributed by atoms with Gasteiger partial charge in [-0.05, 0) is 24.6 Å². The van der Waals surface area contributed by atoms with Crippen molar-refractivity contribution in [1.82, 2.24) is 19.9 Å². The van der Waals surface area contributed by atoms with E-state index >= 15 is 0 Å². The first-order chi connectivity index (χ1) is 8.87. The number of aryl methyl sites for hydroxylation is 1. The van der Waals surface area contributed by atoms with E-state index in [-0.39, 0.29) is 21.3 Å². The predicted molar refractivity (Wildman–Crippen MR) is 69.6 cm³/mol. The van der Waals surface area contributed by atoms with Gasteiger partial charge in [-0.15, -0.1) is 0 Å². The van der Waals surface area contributed by atoms with Crippen LogP contribution in [0.5, 0.6) is 0 Å². The van der Waals surface area contributed by atoms with Crippen molar-refractivity contribution in [3.8, 4) is 0 Å². The number of anilines is 1. The summed E-state index contributed by atoms with van der Waals surface area (Å²) < 4.78 is 26.1. The van der Waals surface area contributed by atoms with E-state index in [9.17, 15) is 8.42 Å². The molecular weight excluding hydrogens is 313 g/mol. The van der Waals surface area contributed by atoms with Gasteiger partial charge >= 0.3 is 0 Å². The Morgan fingerprint density at radius 1 is 1.16 bits per heavy atom. The predicted octanol–water partition coefficient (Wildman–Crippen LogP) is 1.68. The molecule has 0 saturated carbocycles. The number of nitrogens with zero attached hydrogens (tertiary/aromatic N) is 4. The summed E-state index contributed by atoms with van der Waals surface area (Å²) in [4.78, 5) is 14.7. The van der Waals surface area contributed by atoms with Crippen LogP contribution in [0.1, 0.15) is 5.69 Å². The Labute approximate surface area is 119 Å². The zero-order chi connectivity index (χ0) is 14.0. The number of hydrogen-bond acceptors (Lipinski definition) is 6. The van der Waals surface area contributed by atoms with Gasteiger partial charge in [-0.1, -0.05) is 11.6 Å². The van der Waals surface area contributed by atoms with Crippen molar-refractivity contribution in [2.24, 2.45) is 0 Å². The molecule has 0 aliphatic heterocycles. The van der Waals surface area contributed by atoms with Gasteiger partial charge in [0.15, 0.2) is 0 Å². The first-order valence-corrected chi connectivity index (χ1v) is 7.12. The van der Waals surface area contributed by atoms with E-state index in [4.69, 9.17) is 23.2 Å². The summed E-state index contributed by atoms with van der Waals surface area (Å²) in [5.41, 5.74) is 0.532. The molecule has 0 aliphatic carbocycles. The molecule has 0 radical (unpaired) electrons. The van der Waals surface area contributed by atoms with Crippen LogP contribution in [-0.2, 0) is 10.0 Å². The summed E-state index contributed by atoms with van der Waals surface area (Å²) >= 11 is 11.2. The van der Waals surface area contributed by atoms with Crippen LogP contribution in [0.2, 0.25) is 10.4 Å². The monoisotopic (exact) mass is 319 g/mol. The maximum absolute atomic E-state index is 12.0. The average molecular weight is 320 g/mol. The number of rotatable bonds is 3. The quantitative estimate of drug-likeness (QED) is 0.682. The fourth-order valence-electron chi connectivity index (χ4n) is 1.19. The summed E-state index contributed by atoms with van der Waals surface area (Å²) in [5.74, 6) is -0.125. The number of halogens is 2. The van der Waals surface area contributed by atoms with E-state index in [1.807, 2.05) is 0 Å². The minimum Gasteiger partial charge on any atom is -0.247 e. The number of aromatic nitrogens is 4. The van der Waals surface area contributed by atoms with Gasteiger partial charge in [0.2, 0.25) is 11.2 Å². The van der Waals surface area contributed by atoms with Gasteiger partial charge in [0.05, 0.1) is 12.4 Å². The molecule has 2 rings (SSSR count). The molecule has 0 aromatic carbocycles. The second-order valence-corrected chi connectivity index (χ2v) is 5.86. The molecule has 10 heteroatoms. The van der Waals surface area contributed by atoms with E-state index in [1.54, 1.807) is 6.92 Å². The van der Waals surface area contributed by atoms with Crippen molar-refractivity contribution in [3.05, 3.63) is 34.6 Å². The third-order valence-electron chi connectivity index (χ3n) is 1.96. The molecule has 0 atom stereocenters. The summed E-state index contributed by atoms with van der Waals surface area (Å²) in [6, 6.07) is 1.50. The fourth-order valence-corrected chi connectivity index (χ4v) is 2.36. The highest BCUT2D eigenvalue weighted by Gasteiger charge is 2.17. The van der Waals surface area contributed by atoms with Crippen molar-refractivity contribution >= 4 is 39.2 Å². The summed E-state index contributed by atoms with van der Waals surface area (Å²) in [5, 5.41) is 0.0892. The number of hydrogen-bond donors (Lipinski definition) is 1. The van der Waals surface area contributed by atoms with Crippen molar-refractivity contribution in [2.45, 2.75) is 11.8 Å². The third kappa shape index (κ3) is 3.49. The molecular formula is C9H7Cl2N5O2S. The molecule has 0 bridgehead atoms. The van der Waals surface area contributed by atoms with Crippen LogP contribution < -0.4 is 4.72 Å². The summed E-state index contributed by atoms with van der Waals surface area (Å²) in [6.45, 7) is 1.66. The van der Waals surface area contributed by atoms with Crippen molar-refractivity contribution in [3.63, 3.8) is 0 Å². The van der Waals surface area contributed by atoms with E-state index in [2.05, 4.69) is 24.7 Å². The van der Waals surface area contributed by atoms with E-state index < -0.39 is 10.0 Å². The molecule has 0 aliphatic rings. The van der Waals surface area contributed by atoms with Gasteiger partial charge in [-0.3, -0.25) is 0 Å². The third-order valence-corrected chi connectivity index (χ3v) is 3.63. The highest BCUT2D eigenvalue weighted by molar-refractivity contribution is 7.92. The van der Waals surface area contributed by atoms with Crippen molar-refractivity contribution in [1.29, 1.82) is 0 Å². The Morgan fingerprint density at radius 2 is 1.79 bits per heavy atom. The van der Waals surface area contributed by atoms with E-state index in [0.717, 1.165) is 12.4 Å². The van der Waals surface area contributed by atoms with Gasteiger partial charge in [-0.25, -0.2) is 33.1 Å². The largest absolute Gasteiger partial charge is 0.267 e. The van der Waals surface area contributed by atoms with Gasteiger partial charge in [0.1, 0.15) is 10.0 Å².